The van der Waals surface area contributed by atoms with Crippen LogP contribution in [0.5, 0.6) is 0 Å². The maximum atomic E-state index is 12.5. The number of hydrogen-bond acceptors (Lipinski definition) is 4. The van der Waals surface area contributed by atoms with E-state index in [2.05, 4.69) is 29.6 Å². The van der Waals surface area contributed by atoms with Crippen molar-refractivity contribution in [2.24, 2.45) is 11.8 Å². The van der Waals surface area contributed by atoms with Crippen LogP contribution in [0.25, 0.3) is 0 Å². The lowest BCUT2D eigenvalue weighted by Crippen LogP contribution is -2.41. The second-order valence-corrected chi connectivity index (χ2v) is 5.97. The van der Waals surface area contributed by atoms with Crippen LogP contribution in [0.4, 0.5) is 5.82 Å². The number of carbonyl (C=O) groups excluding carboxylic acids is 1. The Morgan fingerprint density at radius 2 is 2.14 bits per heavy atom. The van der Waals surface area contributed by atoms with Gasteiger partial charge in [0.1, 0.15) is 5.82 Å². The third-order valence-electron chi connectivity index (χ3n) is 4.22. The molecule has 1 fully saturated rings. The third-order valence-corrected chi connectivity index (χ3v) is 4.22. The number of hydrazine groups is 1. The van der Waals surface area contributed by atoms with Crippen LogP contribution in [-0.2, 0) is 6.42 Å². The zero-order valence-corrected chi connectivity index (χ0v) is 13.0. The molecule has 1 aromatic heterocycles. The molecule has 0 spiro atoms. The van der Waals surface area contributed by atoms with E-state index in [1.807, 2.05) is 6.07 Å². The van der Waals surface area contributed by atoms with Crippen molar-refractivity contribution >= 4 is 11.7 Å². The summed E-state index contributed by atoms with van der Waals surface area (Å²) in [6.45, 7) is 4.31. The summed E-state index contributed by atoms with van der Waals surface area (Å²) in [7, 11) is 0. The molecule has 116 valence electrons. The van der Waals surface area contributed by atoms with E-state index in [1.54, 1.807) is 6.07 Å². The van der Waals surface area contributed by atoms with Gasteiger partial charge in [-0.15, -0.1) is 0 Å². The topological polar surface area (TPSA) is 80.0 Å². The second kappa shape index (κ2) is 7.41. The summed E-state index contributed by atoms with van der Waals surface area (Å²) in [5.74, 6) is 6.52. The van der Waals surface area contributed by atoms with E-state index in [1.165, 1.54) is 19.3 Å². The van der Waals surface area contributed by atoms with Gasteiger partial charge in [0.15, 0.2) is 0 Å². The molecule has 0 aliphatic heterocycles. The fourth-order valence-electron chi connectivity index (χ4n) is 2.96. The minimum absolute atomic E-state index is 0.0231. The van der Waals surface area contributed by atoms with E-state index < -0.39 is 0 Å². The normalized spacial score (nSPS) is 21.9. The molecule has 2 atom stereocenters. The summed E-state index contributed by atoms with van der Waals surface area (Å²) < 4.78 is 0. The number of pyridine rings is 1. The Morgan fingerprint density at radius 3 is 2.81 bits per heavy atom. The molecule has 2 rings (SSSR count). The first-order valence-corrected chi connectivity index (χ1v) is 7.92. The quantitative estimate of drug-likeness (QED) is 0.575. The van der Waals surface area contributed by atoms with Crippen LogP contribution >= 0.6 is 0 Å². The van der Waals surface area contributed by atoms with Crippen molar-refractivity contribution in [1.29, 1.82) is 0 Å². The van der Waals surface area contributed by atoms with E-state index in [0.29, 0.717) is 17.3 Å². The SMILES string of the molecule is CCCc1cc(C(=O)NC2CCCCC2C)cc(NN)n1. The molecule has 1 heterocycles. The lowest BCUT2D eigenvalue weighted by Gasteiger charge is -2.29. The zero-order valence-electron chi connectivity index (χ0n) is 13.0. The highest BCUT2D eigenvalue weighted by atomic mass is 16.1. The van der Waals surface area contributed by atoms with Crippen molar-refractivity contribution in [3.63, 3.8) is 0 Å². The van der Waals surface area contributed by atoms with Crippen LogP contribution < -0.4 is 16.6 Å². The third kappa shape index (κ3) is 4.17. The Hall–Kier alpha value is -1.62. The van der Waals surface area contributed by atoms with Crippen molar-refractivity contribution in [3.05, 3.63) is 23.4 Å². The van der Waals surface area contributed by atoms with Crippen molar-refractivity contribution < 1.29 is 4.79 Å². The number of nitrogens with two attached hydrogens (primary N) is 1. The van der Waals surface area contributed by atoms with Gasteiger partial charge in [-0.2, -0.15) is 0 Å². The average molecular weight is 290 g/mol. The highest BCUT2D eigenvalue weighted by Gasteiger charge is 2.23. The minimum atomic E-state index is -0.0231. The number of aromatic nitrogens is 1. The van der Waals surface area contributed by atoms with Crippen LogP contribution in [0.15, 0.2) is 12.1 Å². The Kier molecular flexibility index (Phi) is 5.56. The molecule has 1 aliphatic rings. The van der Waals surface area contributed by atoms with E-state index in [-0.39, 0.29) is 11.9 Å². The Labute approximate surface area is 126 Å². The molecule has 0 saturated heterocycles. The lowest BCUT2D eigenvalue weighted by atomic mass is 9.86. The number of nitrogen functional groups attached to an aromatic ring is 1. The summed E-state index contributed by atoms with van der Waals surface area (Å²) in [6, 6.07) is 3.86. The van der Waals surface area contributed by atoms with E-state index in [0.717, 1.165) is 25.0 Å². The number of carbonyl (C=O) groups is 1. The maximum Gasteiger partial charge on any atom is 0.251 e. The highest BCUT2D eigenvalue weighted by Crippen LogP contribution is 2.24. The highest BCUT2D eigenvalue weighted by molar-refractivity contribution is 5.95. The van der Waals surface area contributed by atoms with Crippen LogP contribution in [0.1, 0.15) is 62.0 Å². The van der Waals surface area contributed by atoms with Gasteiger partial charge in [0.05, 0.1) is 0 Å². The molecular weight excluding hydrogens is 264 g/mol. The molecule has 4 N–H and O–H groups in total. The molecular formula is C16H26N4O. The van der Waals surface area contributed by atoms with E-state index in [4.69, 9.17) is 5.84 Å². The Morgan fingerprint density at radius 1 is 1.38 bits per heavy atom. The Balaban J connectivity index is 2.11. The molecule has 1 aromatic rings. The van der Waals surface area contributed by atoms with Gasteiger partial charge in [0.2, 0.25) is 0 Å². The Bertz CT molecular complexity index is 489. The van der Waals surface area contributed by atoms with E-state index in [9.17, 15) is 4.79 Å². The standard InChI is InChI=1S/C16H26N4O/c1-3-6-13-9-12(10-15(18-13)20-17)16(21)19-14-8-5-4-7-11(14)2/h9-11,14H,3-8,17H2,1-2H3,(H,18,20)(H,19,21). The molecule has 2 unspecified atom stereocenters. The van der Waals surface area contributed by atoms with Crippen LogP contribution in [0.2, 0.25) is 0 Å². The van der Waals surface area contributed by atoms with Gasteiger partial charge < -0.3 is 10.7 Å². The molecule has 1 saturated carbocycles. The number of hydrogen-bond donors (Lipinski definition) is 3. The van der Waals surface area contributed by atoms with Gasteiger partial charge in [-0.25, -0.2) is 10.8 Å². The molecule has 0 bridgehead atoms. The molecule has 21 heavy (non-hydrogen) atoms. The molecule has 0 aromatic carbocycles. The van der Waals surface area contributed by atoms with Crippen LogP contribution in [-0.4, -0.2) is 16.9 Å². The van der Waals surface area contributed by atoms with Crippen molar-refractivity contribution in [2.75, 3.05) is 5.43 Å². The first-order valence-electron chi connectivity index (χ1n) is 7.92. The first kappa shape index (κ1) is 15.8. The van der Waals surface area contributed by atoms with Gasteiger partial charge in [0.25, 0.3) is 5.91 Å². The second-order valence-electron chi connectivity index (χ2n) is 5.97. The fourth-order valence-corrected chi connectivity index (χ4v) is 2.96. The van der Waals surface area contributed by atoms with Gasteiger partial charge in [0, 0.05) is 17.3 Å². The number of nitrogens with zero attached hydrogens (tertiary/aromatic N) is 1. The predicted molar refractivity (Wildman–Crippen MR) is 84.9 cm³/mol. The van der Waals surface area contributed by atoms with Crippen molar-refractivity contribution in [2.45, 2.75) is 58.4 Å². The minimum Gasteiger partial charge on any atom is -0.349 e. The summed E-state index contributed by atoms with van der Waals surface area (Å²) in [4.78, 5) is 16.8. The molecule has 1 aliphatic carbocycles. The number of anilines is 1. The van der Waals surface area contributed by atoms with Crippen LogP contribution in [0, 0.1) is 5.92 Å². The van der Waals surface area contributed by atoms with Gasteiger partial charge >= 0.3 is 0 Å². The zero-order chi connectivity index (χ0) is 15.2. The largest absolute Gasteiger partial charge is 0.349 e. The molecule has 5 nitrogen and oxygen atoms in total. The van der Waals surface area contributed by atoms with E-state index >= 15 is 0 Å². The van der Waals surface area contributed by atoms with Gasteiger partial charge in [-0.1, -0.05) is 33.1 Å². The van der Waals surface area contributed by atoms with Crippen molar-refractivity contribution in [1.82, 2.24) is 10.3 Å². The van der Waals surface area contributed by atoms with Crippen molar-refractivity contribution in [3.8, 4) is 0 Å². The number of nitrogens with one attached hydrogen (secondary N) is 2. The summed E-state index contributed by atoms with van der Waals surface area (Å²) in [5.41, 5.74) is 4.08. The van der Waals surface area contributed by atoms with Gasteiger partial charge in [-0.3, -0.25) is 4.79 Å². The first-order chi connectivity index (χ1) is 10.1. The maximum absolute atomic E-state index is 12.5. The molecule has 1 amide bonds. The predicted octanol–water partition coefficient (Wildman–Crippen LogP) is 2.63. The monoisotopic (exact) mass is 290 g/mol. The number of aryl methyl sites for hydroxylation is 1. The smallest absolute Gasteiger partial charge is 0.251 e. The average Bonchev–Trinajstić information content (AvgIpc) is 2.49. The summed E-state index contributed by atoms with van der Waals surface area (Å²) in [6.07, 6.45) is 6.56. The molecule has 0 radical (unpaired) electrons. The lowest BCUT2D eigenvalue weighted by molar-refractivity contribution is 0.0910. The number of amides is 1. The molecule has 5 heteroatoms. The number of rotatable bonds is 5. The summed E-state index contributed by atoms with van der Waals surface area (Å²) >= 11 is 0. The van der Waals surface area contributed by atoms with Gasteiger partial charge in [-0.05, 0) is 37.3 Å². The summed E-state index contributed by atoms with van der Waals surface area (Å²) in [5, 5.41) is 3.17. The fraction of sp³-hybridized carbons (Fsp3) is 0.625. The van der Waals surface area contributed by atoms with Crippen LogP contribution in [0.3, 0.4) is 0 Å².